The highest BCUT2D eigenvalue weighted by atomic mass is 35.5. The first-order valence-electron chi connectivity index (χ1n) is 6.01. The third-order valence-electron chi connectivity index (χ3n) is 2.77. The summed E-state index contributed by atoms with van der Waals surface area (Å²) < 4.78 is 24.1. The molecule has 0 spiro atoms. The van der Waals surface area contributed by atoms with E-state index in [2.05, 4.69) is 0 Å². The number of benzene rings is 2. The number of hydrogen-bond donors (Lipinski definition) is 0. The number of Topliss-reactive ketones (excluding diaryl/α,β-unsaturated/α-hetero) is 1. The molecule has 2 aromatic carbocycles. The van der Waals surface area contributed by atoms with Crippen LogP contribution in [0.25, 0.3) is 0 Å². The van der Waals surface area contributed by atoms with E-state index in [1.807, 2.05) is 0 Å². The number of hydrogen-bond acceptors (Lipinski definition) is 3. The minimum Gasteiger partial charge on any atom is -0.298 e. The SMILES string of the molecule is O=C(Cc1ccc(Cl)cc1)CS(=O)(=O)c1ccccc1. The Morgan fingerprint density at radius 3 is 2.15 bits per heavy atom. The first-order valence-corrected chi connectivity index (χ1v) is 8.04. The first-order chi connectivity index (χ1) is 9.47. The first kappa shape index (κ1) is 14.8. The van der Waals surface area contributed by atoms with Crippen molar-refractivity contribution in [1.29, 1.82) is 0 Å². The van der Waals surface area contributed by atoms with Crippen molar-refractivity contribution in [3.8, 4) is 0 Å². The van der Waals surface area contributed by atoms with Crippen molar-refractivity contribution in [2.24, 2.45) is 0 Å². The lowest BCUT2D eigenvalue weighted by atomic mass is 10.1. The van der Waals surface area contributed by atoms with Crippen LogP contribution in [0, 0.1) is 0 Å². The van der Waals surface area contributed by atoms with E-state index >= 15 is 0 Å². The van der Waals surface area contributed by atoms with Gasteiger partial charge in [0, 0.05) is 11.4 Å². The highest BCUT2D eigenvalue weighted by Gasteiger charge is 2.18. The molecule has 2 rings (SSSR count). The molecule has 0 bridgehead atoms. The Morgan fingerprint density at radius 2 is 1.55 bits per heavy atom. The van der Waals surface area contributed by atoms with E-state index in [1.165, 1.54) is 12.1 Å². The molecule has 104 valence electrons. The number of ketones is 1. The molecule has 3 nitrogen and oxygen atoms in total. The molecule has 2 aromatic rings. The fourth-order valence-corrected chi connectivity index (χ4v) is 3.19. The fraction of sp³-hybridized carbons (Fsp3) is 0.133. The molecule has 0 heterocycles. The second kappa shape index (κ2) is 6.20. The maximum Gasteiger partial charge on any atom is 0.185 e. The molecule has 0 aromatic heterocycles. The average molecular weight is 309 g/mol. The van der Waals surface area contributed by atoms with Crippen molar-refractivity contribution >= 4 is 27.2 Å². The maximum absolute atomic E-state index is 12.0. The molecule has 5 heteroatoms. The van der Waals surface area contributed by atoms with Gasteiger partial charge in [0.05, 0.1) is 4.90 Å². The Labute approximate surface area is 123 Å². The summed E-state index contributed by atoms with van der Waals surface area (Å²) in [6.07, 6.45) is 0.0865. The standard InChI is InChI=1S/C15H13ClO3S/c16-13-8-6-12(7-9-13)10-14(17)11-20(18,19)15-4-2-1-3-5-15/h1-9H,10-11H2. The quantitative estimate of drug-likeness (QED) is 0.853. The van der Waals surface area contributed by atoms with E-state index in [0.717, 1.165) is 5.56 Å². The Morgan fingerprint density at radius 1 is 0.950 bits per heavy atom. The van der Waals surface area contributed by atoms with Crippen molar-refractivity contribution in [2.75, 3.05) is 5.75 Å². The highest BCUT2D eigenvalue weighted by molar-refractivity contribution is 7.92. The van der Waals surface area contributed by atoms with Gasteiger partial charge in [-0.05, 0) is 29.8 Å². The normalized spacial score (nSPS) is 11.2. The lowest BCUT2D eigenvalue weighted by Gasteiger charge is -2.04. The largest absolute Gasteiger partial charge is 0.298 e. The monoisotopic (exact) mass is 308 g/mol. The molecule has 0 aliphatic rings. The lowest BCUT2D eigenvalue weighted by molar-refractivity contribution is -0.116. The minimum absolute atomic E-state index is 0.0865. The van der Waals surface area contributed by atoms with Crippen LogP contribution >= 0.6 is 11.6 Å². The predicted octanol–water partition coefficient (Wildman–Crippen LogP) is 2.93. The van der Waals surface area contributed by atoms with Crippen LogP contribution in [0.15, 0.2) is 59.5 Å². The average Bonchev–Trinajstić information content (AvgIpc) is 2.42. The molecule has 0 atom stereocenters. The highest BCUT2D eigenvalue weighted by Crippen LogP contribution is 2.13. The summed E-state index contributed by atoms with van der Waals surface area (Å²) in [6, 6.07) is 14.8. The summed E-state index contributed by atoms with van der Waals surface area (Å²) >= 11 is 5.75. The van der Waals surface area contributed by atoms with Crippen LogP contribution in [-0.4, -0.2) is 20.0 Å². The number of carbonyl (C=O) groups is 1. The van der Waals surface area contributed by atoms with E-state index in [0.29, 0.717) is 5.02 Å². The maximum atomic E-state index is 12.0. The Hall–Kier alpha value is -1.65. The molecule has 0 radical (unpaired) electrons. The number of rotatable bonds is 5. The summed E-state index contributed by atoms with van der Waals surface area (Å²) in [7, 11) is -3.56. The summed E-state index contributed by atoms with van der Waals surface area (Å²) in [6.45, 7) is 0. The molecule has 0 amide bonds. The molecule has 0 aliphatic carbocycles. The van der Waals surface area contributed by atoms with Gasteiger partial charge < -0.3 is 0 Å². The topological polar surface area (TPSA) is 51.2 Å². The zero-order chi connectivity index (χ0) is 14.6. The van der Waals surface area contributed by atoms with Gasteiger partial charge in [0.25, 0.3) is 0 Å². The van der Waals surface area contributed by atoms with Gasteiger partial charge in [-0.3, -0.25) is 4.79 Å². The molecular weight excluding hydrogens is 296 g/mol. The van der Waals surface area contributed by atoms with Crippen LogP contribution in [0.4, 0.5) is 0 Å². The Bertz CT molecular complexity index is 692. The van der Waals surface area contributed by atoms with Gasteiger partial charge in [0.15, 0.2) is 15.6 Å². The van der Waals surface area contributed by atoms with E-state index in [4.69, 9.17) is 11.6 Å². The summed E-state index contributed by atoms with van der Waals surface area (Å²) in [5.41, 5.74) is 0.752. The summed E-state index contributed by atoms with van der Waals surface area (Å²) in [5.74, 6) is -0.823. The van der Waals surface area contributed by atoms with Crippen molar-refractivity contribution in [1.82, 2.24) is 0 Å². The van der Waals surface area contributed by atoms with Crippen molar-refractivity contribution in [3.05, 3.63) is 65.2 Å². The van der Waals surface area contributed by atoms with Gasteiger partial charge >= 0.3 is 0 Å². The minimum atomic E-state index is -3.56. The second-order valence-electron chi connectivity index (χ2n) is 4.41. The van der Waals surface area contributed by atoms with Crippen LogP contribution < -0.4 is 0 Å². The van der Waals surface area contributed by atoms with Gasteiger partial charge in [0.2, 0.25) is 0 Å². The van der Waals surface area contributed by atoms with E-state index < -0.39 is 15.6 Å². The molecule has 0 unspecified atom stereocenters. The fourth-order valence-electron chi connectivity index (χ4n) is 1.80. The van der Waals surface area contributed by atoms with Gasteiger partial charge in [0.1, 0.15) is 5.75 Å². The van der Waals surface area contributed by atoms with E-state index in [9.17, 15) is 13.2 Å². The van der Waals surface area contributed by atoms with Crippen molar-refractivity contribution < 1.29 is 13.2 Å². The van der Waals surface area contributed by atoms with Gasteiger partial charge in [-0.1, -0.05) is 41.9 Å². The summed E-state index contributed by atoms with van der Waals surface area (Å²) in [5, 5.41) is 0.582. The number of halogens is 1. The van der Waals surface area contributed by atoms with Crippen LogP contribution in [0.1, 0.15) is 5.56 Å². The molecule has 0 fully saturated rings. The molecule has 0 saturated heterocycles. The smallest absolute Gasteiger partial charge is 0.185 e. The Kier molecular flexibility index (Phi) is 4.57. The van der Waals surface area contributed by atoms with Gasteiger partial charge in [-0.15, -0.1) is 0 Å². The zero-order valence-corrected chi connectivity index (χ0v) is 12.2. The molecule has 0 N–H and O–H groups in total. The van der Waals surface area contributed by atoms with Crippen LogP contribution in [0.3, 0.4) is 0 Å². The Balaban J connectivity index is 2.06. The second-order valence-corrected chi connectivity index (χ2v) is 6.84. The third-order valence-corrected chi connectivity index (χ3v) is 4.71. The van der Waals surface area contributed by atoms with Crippen LogP contribution in [0.2, 0.25) is 5.02 Å². The lowest BCUT2D eigenvalue weighted by Crippen LogP contribution is -2.18. The zero-order valence-electron chi connectivity index (χ0n) is 10.6. The van der Waals surface area contributed by atoms with Gasteiger partial charge in [-0.25, -0.2) is 8.42 Å². The summed E-state index contributed by atoms with van der Waals surface area (Å²) in [4.78, 5) is 12.0. The number of sulfone groups is 1. The van der Waals surface area contributed by atoms with Crippen molar-refractivity contribution in [2.45, 2.75) is 11.3 Å². The third kappa shape index (κ3) is 3.92. The number of carbonyl (C=O) groups excluding carboxylic acids is 1. The molecular formula is C15H13ClO3S. The van der Waals surface area contributed by atoms with Crippen molar-refractivity contribution in [3.63, 3.8) is 0 Å². The van der Waals surface area contributed by atoms with E-state index in [1.54, 1.807) is 42.5 Å². The van der Waals surface area contributed by atoms with Crippen LogP contribution in [-0.2, 0) is 21.1 Å². The molecule has 20 heavy (non-hydrogen) atoms. The van der Waals surface area contributed by atoms with E-state index in [-0.39, 0.29) is 17.1 Å². The molecule has 0 aliphatic heterocycles. The van der Waals surface area contributed by atoms with Gasteiger partial charge in [-0.2, -0.15) is 0 Å². The van der Waals surface area contributed by atoms with Crippen LogP contribution in [0.5, 0.6) is 0 Å². The molecule has 0 saturated carbocycles. The predicted molar refractivity (Wildman–Crippen MR) is 78.7 cm³/mol.